The lowest BCUT2D eigenvalue weighted by Crippen LogP contribution is -2.41. The Balaban J connectivity index is 2.26. The predicted molar refractivity (Wildman–Crippen MR) is 93.8 cm³/mol. The summed E-state index contributed by atoms with van der Waals surface area (Å²) in [4.78, 5) is 24.8. The zero-order chi connectivity index (χ0) is 19.3. The van der Waals surface area contributed by atoms with Crippen molar-refractivity contribution in [1.29, 1.82) is 0 Å². The van der Waals surface area contributed by atoms with Gasteiger partial charge in [0.25, 0.3) is 0 Å². The van der Waals surface area contributed by atoms with Gasteiger partial charge in [0.15, 0.2) is 5.41 Å². The Morgan fingerprint density at radius 1 is 1.04 bits per heavy atom. The van der Waals surface area contributed by atoms with E-state index in [9.17, 15) is 9.59 Å². The van der Waals surface area contributed by atoms with Crippen LogP contribution in [0.5, 0.6) is 0 Å². The SMILES string of the molecule is C=C1CC(C(=O)OC)(C(=O)OC)CC1(C)CB1OC(C)(C)C(C)(C)O1. The van der Waals surface area contributed by atoms with Gasteiger partial charge in [-0.1, -0.05) is 19.1 Å². The van der Waals surface area contributed by atoms with Gasteiger partial charge in [0.05, 0.1) is 25.4 Å². The average Bonchev–Trinajstić information content (AvgIpc) is 2.87. The second-order valence-corrected chi connectivity index (χ2v) is 8.47. The van der Waals surface area contributed by atoms with Crippen LogP contribution in [-0.4, -0.2) is 44.5 Å². The van der Waals surface area contributed by atoms with Crippen LogP contribution in [0.25, 0.3) is 0 Å². The summed E-state index contributed by atoms with van der Waals surface area (Å²) >= 11 is 0. The van der Waals surface area contributed by atoms with Crippen LogP contribution in [0.3, 0.4) is 0 Å². The number of carbonyl (C=O) groups is 2. The second-order valence-electron chi connectivity index (χ2n) is 8.47. The molecule has 2 rings (SSSR count). The molecule has 6 nitrogen and oxygen atoms in total. The monoisotopic (exact) mass is 352 g/mol. The van der Waals surface area contributed by atoms with Crippen molar-refractivity contribution >= 4 is 19.1 Å². The average molecular weight is 352 g/mol. The van der Waals surface area contributed by atoms with E-state index in [4.69, 9.17) is 18.8 Å². The molecule has 7 heteroatoms. The summed E-state index contributed by atoms with van der Waals surface area (Å²) in [6.07, 6.45) is 0.985. The standard InChI is InChI=1S/C18H29BO6/c1-12-9-18(13(20)22-7,14(21)23-8)10-17(12,6)11-19-24-15(2,3)16(4,5)25-19/h1,9-11H2,2-8H3. The van der Waals surface area contributed by atoms with E-state index in [0.29, 0.717) is 6.32 Å². The van der Waals surface area contributed by atoms with Crippen molar-refractivity contribution in [3.8, 4) is 0 Å². The maximum absolute atomic E-state index is 12.4. The van der Waals surface area contributed by atoms with Crippen LogP contribution in [0.4, 0.5) is 0 Å². The largest absolute Gasteiger partial charge is 0.468 e. The van der Waals surface area contributed by atoms with Gasteiger partial charge in [-0.2, -0.15) is 0 Å². The van der Waals surface area contributed by atoms with Gasteiger partial charge in [0.2, 0.25) is 0 Å². The van der Waals surface area contributed by atoms with Gasteiger partial charge in [-0.15, -0.1) is 0 Å². The molecule has 0 amide bonds. The van der Waals surface area contributed by atoms with Crippen LogP contribution in [0.2, 0.25) is 6.32 Å². The highest BCUT2D eigenvalue weighted by atomic mass is 16.7. The lowest BCUT2D eigenvalue weighted by atomic mass is 9.65. The van der Waals surface area contributed by atoms with E-state index in [1.807, 2.05) is 34.6 Å². The van der Waals surface area contributed by atoms with Crippen LogP contribution in [-0.2, 0) is 28.4 Å². The molecule has 0 aromatic carbocycles. The van der Waals surface area contributed by atoms with Crippen molar-refractivity contribution in [3.05, 3.63) is 12.2 Å². The molecule has 0 aromatic heterocycles. The molecule has 1 unspecified atom stereocenters. The maximum Gasteiger partial charge on any atom is 0.458 e. The molecule has 1 aliphatic carbocycles. The van der Waals surface area contributed by atoms with Crippen molar-refractivity contribution in [2.75, 3.05) is 14.2 Å². The number of carbonyl (C=O) groups excluding carboxylic acids is 2. The normalized spacial score (nSPS) is 29.6. The highest BCUT2D eigenvalue weighted by Gasteiger charge is 2.61. The molecule has 1 atom stereocenters. The smallest absolute Gasteiger partial charge is 0.458 e. The maximum atomic E-state index is 12.4. The Hall–Kier alpha value is -1.34. The Kier molecular flexibility index (Phi) is 4.90. The molecule has 0 bridgehead atoms. The van der Waals surface area contributed by atoms with Crippen molar-refractivity contribution in [1.82, 2.24) is 0 Å². The van der Waals surface area contributed by atoms with E-state index >= 15 is 0 Å². The Morgan fingerprint density at radius 2 is 1.48 bits per heavy atom. The van der Waals surface area contributed by atoms with E-state index in [-0.39, 0.29) is 12.8 Å². The van der Waals surface area contributed by atoms with Gasteiger partial charge >= 0.3 is 19.1 Å². The van der Waals surface area contributed by atoms with E-state index in [0.717, 1.165) is 5.57 Å². The number of esters is 2. The van der Waals surface area contributed by atoms with Gasteiger partial charge < -0.3 is 18.8 Å². The molecule has 0 aromatic rings. The summed E-state index contributed by atoms with van der Waals surface area (Å²) < 4.78 is 22.0. The van der Waals surface area contributed by atoms with Crippen LogP contribution in [0, 0.1) is 10.8 Å². The third-order valence-corrected chi connectivity index (χ3v) is 6.13. The number of ether oxygens (including phenoxy) is 2. The lowest BCUT2D eigenvalue weighted by Gasteiger charge is -2.32. The summed E-state index contributed by atoms with van der Waals surface area (Å²) in [6, 6.07) is 0. The zero-order valence-electron chi connectivity index (χ0n) is 16.4. The van der Waals surface area contributed by atoms with Crippen LogP contribution >= 0.6 is 0 Å². The minimum Gasteiger partial charge on any atom is -0.468 e. The Labute approximate surface area is 150 Å². The molecule has 0 spiro atoms. The summed E-state index contributed by atoms with van der Waals surface area (Å²) in [5, 5.41) is 0. The van der Waals surface area contributed by atoms with Crippen molar-refractivity contribution in [2.45, 2.75) is 65.0 Å². The van der Waals surface area contributed by atoms with Crippen LogP contribution < -0.4 is 0 Å². The Bertz CT molecular complexity index is 564. The first-order chi connectivity index (χ1) is 11.3. The van der Waals surface area contributed by atoms with E-state index < -0.39 is 41.1 Å². The van der Waals surface area contributed by atoms with Crippen LogP contribution in [0.15, 0.2) is 12.2 Å². The number of hydrogen-bond acceptors (Lipinski definition) is 6. The summed E-state index contributed by atoms with van der Waals surface area (Å²) in [7, 11) is 2.12. The third-order valence-electron chi connectivity index (χ3n) is 6.13. The van der Waals surface area contributed by atoms with Crippen molar-refractivity contribution < 1.29 is 28.4 Å². The molecule has 1 saturated carbocycles. The van der Waals surface area contributed by atoms with Gasteiger partial charge in [-0.3, -0.25) is 9.59 Å². The summed E-state index contributed by atoms with van der Waals surface area (Å²) in [5.74, 6) is -1.17. The first-order valence-corrected chi connectivity index (χ1v) is 8.54. The Morgan fingerprint density at radius 3 is 1.88 bits per heavy atom. The van der Waals surface area contributed by atoms with Gasteiger partial charge in [-0.25, -0.2) is 0 Å². The van der Waals surface area contributed by atoms with Gasteiger partial charge in [0, 0.05) is 0 Å². The second kappa shape index (κ2) is 6.13. The predicted octanol–water partition coefficient (Wildman–Crippen LogP) is 2.77. The van der Waals surface area contributed by atoms with Gasteiger partial charge in [-0.05, 0) is 52.3 Å². The molecule has 25 heavy (non-hydrogen) atoms. The summed E-state index contributed by atoms with van der Waals surface area (Å²) in [6.45, 7) is 14.1. The topological polar surface area (TPSA) is 71.1 Å². The molecule has 0 N–H and O–H groups in total. The fraction of sp³-hybridized carbons (Fsp3) is 0.778. The number of rotatable bonds is 4. The minimum absolute atomic E-state index is 0.211. The molecule has 1 heterocycles. The number of hydrogen-bond donors (Lipinski definition) is 0. The van der Waals surface area contributed by atoms with E-state index in [2.05, 4.69) is 6.58 Å². The molecular formula is C18H29BO6. The quantitative estimate of drug-likeness (QED) is 0.335. The minimum atomic E-state index is -1.35. The van der Waals surface area contributed by atoms with Crippen LogP contribution in [0.1, 0.15) is 47.5 Å². The van der Waals surface area contributed by atoms with E-state index in [1.165, 1.54) is 14.2 Å². The zero-order valence-corrected chi connectivity index (χ0v) is 16.4. The molecule has 2 fully saturated rings. The molecule has 140 valence electrons. The fourth-order valence-corrected chi connectivity index (χ4v) is 3.83. The molecular weight excluding hydrogens is 323 g/mol. The highest BCUT2D eigenvalue weighted by Crippen LogP contribution is 2.57. The molecule has 1 saturated heterocycles. The molecule has 1 aliphatic heterocycles. The first-order valence-electron chi connectivity index (χ1n) is 8.54. The van der Waals surface area contributed by atoms with E-state index in [1.54, 1.807) is 0 Å². The fourth-order valence-electron chi connectivity index (χ4n) is 3.83. The number of methoxy groups -OCH3 is 2. The van der Waals surface area contributed by atoms with Crippen molar-refractivity contribution in [3.63, 3.8) is 0 Å². The van der Waals surface area contributed by atoms with Gasteiger partial charge in [0.1, 0.15) is 0 Å². The third kappa shape index (κ3) is 3.12. The number of allylic oxidation sites excluding steroid dienone is 1. The molecule has 2 aliphatic rings. The first kappa shape index (κ1) is 20.0. The van der Waals surface area contributed by atoms with Crippen molar-refractivity contribution in [2.24, 2.45) is 10.8 Å². The summed E-state index contributed by atoms with van der Waals surface area (Å²) in [5.41, 5.74) is -1.91. The molecule has 0 radical (unpaired) electrons. The lowest BCUT2D eigenvalue weighted by molar-refractivity contribution is -0.169. The highest BCUT2D eigenvalue weighted by molar-refractivity contribution is 6.45.